The van der Waals surface area contributed by atoms with Gasteiger partial charge in [0, 0.05) is 12.8 Å². The summed E-state index contributed by atoms with van der Waals surface area (Å²) in [5.74, 6) is 0. The van der Waals surface area contributed by atoms with Crippen LogP contribution in [0.15, 0.2) is 53.4 Å². The van der Waals surface area contributed by atoms with Crippen LogP contribution in [0.3, 0.4) is 0 Å². The highest BCUT2D eigenvalue weighted by atomic mass is 127. The van der Waals surface area contributed by atoms with Crippen molar-refractivity contribution in [1.82, 2.24) is 4.90 Å². The third-order valence-corrected chi connectivity index (χ3v) is 7.31. The number of halogens is 1. The summed E-state index contributed by atoms with van der Waals surface area (Å²) in [6, 6.07) is 15.7. The molecule has 0 radical (unpaired) electrons. The Balaban J connectivity index is 1.66. The molecule has 0 N–H and O–H groups in total. The Hall–Kier alpha value is -0.920. The SMILES string of the molecule is CC1(I)CCCN1CCc1ccc(-c2ccc(S(C)(=O)=O)cc2)cc1. The summed E-state index contributed by atoms with van der Waals surface area (Å²) < 4.78 is 23.4. The molecular formula is C20H24INO2S. The second kappa shape index (κ2) is 7.37. The lowest BCUT2D eigenvalue weighted by molar-refractivity contribution is 0.259. The van der Waals surface area contributed by atoms with E-state index in [4.69, 9.17) is 0 Å². The Morgan fingerprint density at radius 3 is 2.08 bits per heavy atom. The Morgan fingerprint density at radius 1 is 1.04 bits per heavy atom. The molecule has 3 nitrogen and oxygen atoms in total. The van der Waals surface area contributed by atoms with Crippen LogP contribution in [-0.4, -0.2) is 36.2 Å². The smallest absolute Gasteiger partial charge is 0.175 e. The fourth-order valence-corrected chi connectivity index (χ4v) is 4.85. The van der Waals surface area contributed by atoms with Gasteiger partial charge in [-0.3, -0.25) is 4.90 Å². The van der Waals surface area contributed by atoms with Gasteiger partial charge in [-0.1, -0.05) is 59.0 Å². The van der Waals surface area contributed by atoms with Crippen LogP contribution in [0.4, 0.5) is 0 Å². The third kappa shape index (κ3) is 4.63. The quantitative estimate of drug-likeness (QED) is 0.367. The normalized spacial score (nSPS) is 21.6. The molecule has 2 aromatic rings. The molecule has 25 heavy (non-hydrogen) atoms. The third-order valence-electron chi connectivity index (χ3n) is 4.96. The summed E-state index contributed by atoms with van der Waals surface area (Å²) in [4.78, 5) is 2.94. The van der Waals surface area contributed by atoms with E-state index >= 15 is 0 Å². The number of likely N-dealkylation sites (tertiary alicyclic amines) is 1. The molecule has 1 heterocycles. The maximum Gasteiger partial charge on any atom is 0.175 e. The van der Waals surface area contributed by atoms with E-state index in [2.05, 4.69) is 58.7 Å². The van der Waals surface area contributed by atoms with Gasteiger partial charge in [-0.05, 0) is 61.6 Å². The van der Waals surface area contributed by atoms with Crippen molar-refractivity contribution >= 4 is 32.4 Å². The lowest BCUT2D eigenvalue weighted by Gasteiger charge is -2.29. The largest absolute Gasteiger partial charge is 0.289 e. The number of sulfone groups is 1. The van der Waals surface area contributed by atoms with Crippen LogP contribution >= 0.6 is 22.6 Å². The predicted molar refractivity (Wildman–Crippen MR) is 112 cm³/mol. The average Bonchev–Trinajstić information content (AvgIpc) is 2.91. The second-order valence-corrected chi connectivity index (χ2v) is 11.3. The highest BCUT2D eigenvalue weighted by molar-refractivity contribution is 14.1. The minimum Gasteiger partial charge on any atom is -0.289 e. The Kier molecular flexibility index (Phi) is 5.56. The van der Waals surface area contributed by atoms with Crippen molar-refractivity contribution in [1.29, 1.82) is 0 Å². The minimum atomic E-state index is -3.14. The zero-order valence-electron chi connectivity index (χ0n) is 14.7. The molecule has 0 saturated carbocycles. The van der Waals surface area contributed by atoms with E-state index in [1.807, 2.05) is 12.1 Å². The minimum absolute atomic E-state index is 0.305. The van der Waals surface area contributed by atoms with Crippen molar-refractivity contribution in [2.24, 2.45) is 0 Å². The summed E-state index contributed by atoms with van der Waals surface area (Å²) in [5, 5.41) is 0. The molecule has 2 aromatic carbocycles. The van der Waals surface area contributed by atoms with Gasteiger partial charge in [-0.25, -0.2) is 8.42 Å². The molecule has 0 amide bonds. The summed E-state index contributed by atoms with van der Waals surface area (Å²) in [6.45, 7) is 4.62. The van der Waals surface area contributed by atoms with Gasteiger partial charge in [0.25, 0.3) is 0 Å². The summed E-state index contributed by atoms with van der Waals surface area (Å²) in [7, 11) is -3.14. The molecule has 1 unspecified atom stereocenters. The molecule has 0 aliphatic carbocycles. The van der Waals surface area contributed by atoms with E-state index in [0.29, 0.717) is 8.44 Å². The molecule has 1 fully saturated rings. The zero-order chi connectivity index (χ0) is 18.1. The summed E-state index contributed by atoms with van der Waals surface area (Å²) in [6.07, 6.45) is 4.86. The van der Waals surface area contributed by atoms with Crippen LogP contribution in [0.1, 0.15) is 25.3 Å². The van der Waals surface area contributed by atoms with Gasteiger partial charge < -0.3 is 0 Å². The maximum absolute atomic E-state index is 11.5. The van der Waals surface area contributed by atoms with E-state index in [1.165, 1.54) is 31.2 Å². The van der Waals surface area contributed by atoms with Crippen LogP contribution < -0.4 is 0 Å². The van der Waals surface area contributed by atoms with Crippen molar-refractivity contribution in [3.8, 4) is 11.1 Å². The van der Waals surface area contributed by atoms with E-state index in [9.17, 15) is 8.42 Å². The Labute approximate surface area is 164 Å². The van der Waals surface area contributed by atoms with Crippen LogP contribution in [-0.2, 0) is 16.3 Å². The van der Waals surface area contributed by atoms with Gasteiger partial charge in [-0.2, -0.15) is 0 Å². The highest BCUT2D eigenvalue weighted by Gasteiger charge is 2.32. The van der Waals surface area contributed by atoms with Gasteiger partial charge in [0.05, 0.1) is 8.44 Å². The average molecular weight is 469 g/mol. The van der Waals surface area contributed by atoms with Crippen LogP contribution in [0, 0.1) is 0 Å². The first-order valence-corrected chi connectivity index (χ1v) is 11.6. The molecule has 5 heteroatoms. The number of benzene rings is 2. The Bertz CT molecular complexity index is 827. The number of hydrogen-bond donors (Lipinski definition) is 0. The fourth-order valence-electron chi connectivity index (χ4n) is 3.35. The number of rotatable bonds is 5. The molecular weight excluding hydrogens is 445 g/mol. The second-order valence-electron chi connectivity index (χ2n) is 6.98. The lowest BCUT2D eigenvalue weighted by Crippen LogP contribution is -2.36. The van der Waals surface area contributed by atoms with Crippen molar-refractivity contribution < 1.29 is 8.42 Å². The standard InChI is InChI=1S/C20H24INO2S/c1-20(21)13-3-14-22(20)15-12-16-4-6-17(7-5-16)18-8-10-19(11-9-18)25(2,23)24/h4-11H,3,12-15H2,1-2H3. The molecule has 0 aromatic heterocycles. The van der Waals surface area contributed by atoms with Crippen LogP contribution in [0.2, 0.25) is 0 Å². The van der Waals surface area contributed by atoms with E-state index < -0.39 is 9.84 Å². The van der Waals surface area contributed by atoms with Crippen molar-refractivity contribution in [3.63, 3.8) is 0 Å². The van der Waals surface area contributed by atoms with Gasteiger partial charge in [-0.15, -0.1) is 0 Å². The van der Waals surface area contributed by atoms with Gasteiger partial charge in [0.2, 0.25) is 0 Å². The molecule has 1 saturated heterocycles. The van der Waals surface area contributed by atoms with Gasteiger partial charge in [0.15, 0.2) is 9.84 Å². The maximum atomic E-state index is 11.5. The van der Waals surface area contributed by atoms with E-state index in [0.717, 1.165) is 24.1 Å². The van der Waals surface area contributed by atoms with Crippen molar-refractivity contribution in [3.05, 3.63) is 54.1 Å². The van der Waals surface area contributed by atoms with Crippen molar-refractivity contribution in [2.45, 2.75) is 34.6 Å². The first-order chi connectivity index (χ1) is 11.8. The Morgan fingerprint density at radius 2 is 1.60 bits per heavy atom. The zero-order valence-corrected chi connectivity index (χ0v) is 17.7. The number of nitrogens with zero attached hydrogens (tertiary/aromatic N) is 1. The van der Waals surface area contributed by atoms with Crippen molar-refractivity contribution in [2.75, 3.05) is 19.3 Å². The fraction of sp³-hybridized carbons (Fsp3) is 0.400. The first-order valence-electron chi connectivity index (χ1n) is 8.59. The molecule has 0 bridgehead atoms. The van der Waals surface area contributed by atoms with Gasteiger partial charge in [0.1, 0.15) is 0 Å². The number of hydrogen-bond acceptors (Lipinski definition) is 3. The molecule has 1 aliphatic heterocycles. The predicted octanol–water partition coefficient (Wildman–Crippen LogP) is 4.55. The first kappa shape index (κ1) is 18.9. The molecule has 134 valence electrons. The highest BCUT2D eigenvalue weighted by Crippen LogP contribution is 2.35. The number of alkyl halides is 1. The topological polar surface area (TPSA) is 37.4 Å². The molecule has 1 aliphatic rings. The summed E-state index contributed by atoms with van der Waals surface area (Å²) >= 11 is 2.58. The van der Waals surface area contributed by atoms with Gasteiger partial charge >= 0.3 is 0 Å². The van der Waals surface area contributed by atoms with E-state index in [-0.39, 0.29) is 0 Å². The molecule has 3 rings (SSSR count). The van der Waals surface area contributed by atoms with E-state index in [1.54, 1.807) is 12.1 Å². The lowest BCUT2D eigenvalue weighted by atomic mass is 10.0. The van der Waals surface area contributed by atoms with Crippen LogP contribution in [0.25, 0.3) is 11.1 Å². The monoisotopic (exact) mass is 469 g/mol. The molecule has 0 spiro atoms. The summed E-state index contributed by atoms with van der Waals surface area (Å²) in [5.41, 5.74) is 3.50. The molecule has 1 atom stereocenters. The van der Waals surface area contributed by atoms with Crippen LogP contribution in [0.5, 0.6) is 0 Å².